The van der Waals surface area contributed by atoms with Crippen LogP contribution in [0.25, 0.3) is 11.0 Å². The molecule has 104 valence electrons. The second-order valence-electron chi connectivity index (χ2n) is 4.52. The first-order chi connectivity index (χ1) is 9.17. The molecule has 1 N–H and O–H groups in total. The maximum Gasteiger partial charge on any atom is 0.178 e. The molecule has 0 saturated heterocycles. The van der Waals surface area contributed by atoms with Crippen molar-refractivity contribution in [2.24, 2.45) is 0 Å². The Labute approximate surface area is 123 Å². The summed E-state index contributed by atoms with van der Waals surface area (Å²) < 4.78 is 8.29. The number of thioether (sulfide) groups is 1. The van der Waals surface area contributed by atoms with Crippen molar-refractivity contribution < 1.29 is 4.74 Å². The number of benzene rings is 1. The van der Waals surface area contributed by atoms with Crippen LogP contribution in [0, 0.1) is 4.77 Å². The van der Waals surface area contributed by atoms with Crippen LogP contribution in [0.4, 0.5) is 0 Å². The monoisotopic (exact) mass is 296 g/mol. The van der Waals surface area contributed by atoms with Gasteiger partial charge >= 0.3 is 0 Å². The number of methoxy groups -OCH3 is 1. The minimum absolute atomic E-state index is 0.396. The number of fused-ring (bicyclic) bond motifs is 1. The molecule has 1 atom stereocenters. The predicted octanol–water partition coefficient (Wildman–Crippen LogP) is 4.41. The first-order valence-corrected chi connectivity index (χ1v) is 8.09. The molecule has 0 saturated carbocycles. The highest BCUT2D eigenvalue weighted by atomic mass is 32.2. The van der Waals surface area contributed by atoms with Gasteiger partial charge in [0, 0.05) is 12.1 Å². The van der Waals surface area contributed by atoms with Crippen molar-refractivity contribution >= 4 is 35.0 Å². The van der Waals surface area contributed by atoms with Gasteiger partial charge in [0.1, 0.15) is 5.75 Å². The van der Waals surface area contributed by atoms with E-state index in [0.717, 1.165) is 33.7 Å². The molecule has 0 aliphatic heterocycles. The molecule has 1 aromatic carbocycles. The lowest BCUT2D eigenvalue weighted by Gasteiger charge is -2.14. The van der Waals surface area contributed by atoms with Crippen molar-refractivity contribution in [2.75, 3.05) is 18.6 Å². The number of ether oxygens (including phenoxy) is 1. The molecule has 1 aromatic heterocycles. The van der Waals surface area contributed by atoms with E-state index in [2.05, 4.69) is 23.4 Å². The van der Waals surface area contributed by atoms with Gasteiger partial charge in [0.2, 0.25) is 0 Å². The molecule has 2 rings (SSSR count). The summed E-state index contributed by atoms with van der Waals surface area (Å²) in [6.45, 7) is 4.41. The molecule has 0 amide bonds. The fourth-order valence-corrected chi connectivity index (χ4v) is 3.38. The first kappa shape index (κ1) is 14.5. The molecular weight excluding hydrogens is 276 g/mol. The van der Waals surface area contributed by atoms with E-state index in [1.165, 1.54) is 5.75 Å². The number of nitrogens with zero attached hydrogens (tertiary/aromatic N) is 1. The Morgan fingerprint density at radius 3 is 2.95 bits per heavy atom. The van der Waals surface area contributed by atoms with Gasteiger partial charge in [-0.2, -0.15) is 11.8 Å². The number of rotatable bonds is 6. The Balaban J connectivity index is 2.35. The fourth-order valence-electron chi connectivity index (χ4n) is 2.19. The Kier molecular flexibility index (Phi) is 4.93. The van der Waals surface area contributed by atoms with E-state index in [1.807, 2.05) is 30.0 Å². The fraction of sp³-hybridized carbons (Fsp3) is 0.500. The maximum atomic E-state index is 5.45. The number of aromatic nitrogens is 2. The highest BCUT2D eigenvalue weighted by molar-refractivity contribution is 7.99. The number of imidazole rings is 1. The molecule has 0 aliphatic rings. The summed E-state index contributed by atoms with van der Waals surface area (Å²) >= 11 is 7.42. The highest BCUT2D eigenvalue weighted by Crippen LogP contribution is 2.25. The minimum Gasteiger partial charge on any atom is -0.497 e. The Morgan fingerprint density at radius 2 is 2.26 bits per heavy atom. The van der Waals surface area contributed by atoms with E-state index in [9.17, 15) is 0 Å². The minimum atomic E-state index is 0.396. The van der Waals surface area contributed by atoms with Crippen LogP contribution in [0.5, 0.6) is 5.75 Å². The van der Waals surface area contributed by atoms with Crippen molar-refractivity contribution in [1.29, 1.82) is 0 Å². The molecule has 0 fully saturated rings. The van der Waals surface area contributed by atoms with E-state index < -0.39 is 0 Å². The van der Waals surface area contributed by atoms with Crippen LogP contribution in [0.15, 0.2) is 18.2 Å². The summed E-state index contributed by atoms with van der Waals surface area (Å²) in [6, 6.07) is 6.42. The number of nitrogens with one attached hydrogen (secondary N) is 1. The van der Waals surface area contributed by atoms with Gasteiger partial charge in [0.25, 0.3) is 0 Å². The molecule has 19 heavy (non-hydrogen) atoms. The zero-order valence-corrected chi connectivity index (χ0v) is 13.2. The summed E-state index contributed by atoms with van der Waals surface area (Å²) in [4.78, 5) is 3.27. The second kappa shape index (κ2) is 6.48. The third kappa shape index (κ3) is 3.15. The van der Waals surface area contributed by atoms with Gasteiger partial charge in [0.05, 0.1) is 18.1 Å². The van der Waals surface area contributed by atoms with Gasteiger partial charge in [-0.05, 0) is 49.2 Å². The number of H-pyrrole nitrogens is 1. The van der Waals surface area contributed by atoms with E-state index in [4.69, 9.17) is 17.0 Å². The van der Waals surface area contributed by atoms with Crippen molar-refractivity contribution in [3.8, 4) is 5.75 Å². The highest BCUT2D eigenvalue weighted by Gasteiger charge is 2.11. The molecule has 0 radical (unpaired) electrons. The van der Waals surface area contributed by atoms with Crippen LogP contribution in [-0.4, -0.2) is 28.2 Å². The molecule has 1 unspecified atom stereocenters. The number of hydrogen-bond acceptors (Lipinski definition) is 3. The SMILES string of the molecule is CCSCCC(C)n1c(=S)[nH]c2ccc(OC)cc21. The maximum absolute atomic E-state index is 5.45. The molecular formula is C14H20N2OS2. The van der Waals surface area contributed by atoms with E-state index in [1.54, 1.807) is 7.11 Å². The van der Waals surface area contributed by atoms with Gasteiger partial charge in [0.15, 0.2) is 4.77 Å². The Morgan fingerprint density at radius 1 is 1.47 bits per heavy atom. The van der Waals surface area contributed by atoms with Crippen molar-refractivity contribution in [1.82, 2.24) is 9.55 Å². The molecule has 0 bridgehead atoms. The lowest BCUT2D eigenvalue weighted by Crippen LogP contribution is -2.06. The van der Waals surface area contributed by atoms with Crippen LogP contribution in [0.3, 0.4) is 0 Å². The molecule has 2 aromatic rings. The number of hydrogen-bond donors (Lipinski definition) is 1. The zero-order chi connectivity index (χ0) is 13.8. The number of aromatic amines is 1. The van der Waals surface area contributed by atoms with Gasteiger partial charge in [-0.15, -0.1) is 0 Å². The summed E-state index contributed by atoms with van der Waals surface area (Å²) in [6.07, 6.45) is 1.12. The van der Waals surface area contributed by atoms with Crippen LogP contribution in [-0.2, 0) is 0 Å². The topological polar surface area (TPSA) is 29.9 Å². The molecule has 0 spiro atoms. The average molecular weight is 296 g/mol. The largest absolute Gasteiger partial charge is 0.497 e. The van der Waals surface area contributed by atoms with Crippen molar-refractivity contribution in [3.63, 3.8) is 0 Å². The normalized spacial score (nSPS) is 12.8. The van der Waals surface area contributed by atoms with Crippen LogP contribution >= 0.6 is 24.0 Å². The first-order valence-electron chi connectivity index (χ1n) is 6.53. The Bertz CT molecular complexity index is 603. The summed E-state index contributed by atoms with van der Waals surface area (Å²) in [5.74, 6) is 3.20. The molecule has 1 heterocycles. The Hall–Kier alpha value is -0.940. The van der Waals surface area contributed by atoms with Gasteiger partial charge in [-0.25, -0.2) is 0 Å². The smallest absolute Gasteiger partial charge is 0.178 e. The van der Waals surface area contributed by atoms with E-state index in [0.29, 0.717) is 6.04 Å². The van der Waals surface area contributed by atoms with Crippen LogP contribution < -0.4 is 4.74 Å². The van der Waals surface area contributed by atoms with Crippen molar-refractivity contribution in [2.45, 2.75) is 26.3 Å². The van der Waals surface area contributed by atoms with Gasteiger partial charge < -0.3 is 14.3 Å². The third-order valence-corrected chi connectivity index (χ3v) is 4.48. The van der Waals surface area contributed by atoms with Gasteiger partial charge in [-0.3, -0.25) is 0 Å². The van der Waals surface area contributed by atoms with E-state index >= 15 is 0 Å². The molecule has 5 heteroatoms. The van der Waals surface area contributed by atoms with Crippen molar-refractivity contribution in [3.05, 3.63) is 23.0 Å². The third-order valence-electron chi connectivity index (χ3n) is 3.25. The predicted molar refractivity (Wildman–Crippen MR) is 86.0 cm³/mol. The van der Waals surface area contributed by atoms with Crippen LogP contribution in [0.1, 0.15) is 26.3 Å². The lowest BCUT2D eigenvalue weighted by molar-refractivity contribution is 0.415. The second-order valence-corrected chi connectivity index (χ2v) is 6.30. The summed E-state index contributed by atoms with van der Waals surface area (Å²) in [5.41, 5.74) is 2.19. The average Bonchev–Trinajstić information content (AvgIpc) is 2.73. The molecule has 3 nitrogen and oxygen atoms in total. The lowest BCUT2D eigenvalue weighted by atomic mass is 10.2. The van der Waals surface area contributed by atoms with Gasteiger partial charge in [-0.1, -0.05) is 6.92 Å². The molecule has 0 aliphatic carbocycles. The van der Waals surface area contributed by atoms with E-state index in [-0.39, 0.29) is 0 Å². The summed E-state index contributed by atoms with van der Waals surface area (Å²) in [5, 5.41) is 0. The zero-order valence-electron chi connectivity index (χ0n) is 11.6. The summed E-state index contributed by atoms with van der Waals surface area (Å²) in [7, 11) is 1.69. The van der Waals surface area contributed by atoms with Crippen LogP contribution in [0.2, 0.25) is 0 Å². The quantitative estimate of drug-likeness (QED) is 0.632. The standard InChI is InChI=1S/C14H20N2OS2/c1-4-19-8-7-10(2)16-13-9-11(17-3)5-6-12(13)15-14(16)18/h5-6,9-10H,4,7-8H2,1-3H3,(H,15,18).